The van der Waals surface area contributed by atoms with Crippen LogP contribution >= 0.6 is 0 Å². The molecule has 1 aliphatic rings. The molecular weight excluding hydrogens is 402 g/mol. The van der Waals surface area contributed by atoms with E-state index in [0.717, 1.165) is 34.3 Å². The minimum absolute atomic E-state index is 0.0132. The molecule has 1 aliphatic heterocycles. The van der Waals surface area contributed by atoms with Crippen LogP contribution in [0.1, 0.15) is 34.5 Å². The second-order valence-electron chi connectivity index (χ2n) is 8.20. The van der Waals surface area contributed by atoms with Gasteiger partial charge in [-0.2, -0.15) is 0 Å². The number of para-hydroxylation sites is 1. The van der Waals surface area contributed by atoms with Gasteiger partial charge in [-0.1, -0.05) is 30.3 Å². The van der Waals surface area contributed by atoms with Gasteiger partial charge in [0, 0.05) is 43.7 Å². The van der Waals surface area contributed by atoms with Crippen LogP contribution in [0.3, 0.4) is 0 Å². The van der Waals surface area contributed by atoms with E-state index in [-0.39, 0.29) is 11.8 Å². The van der Waals surface area contributed by atoms with Crippen LogP contribution in [0.4, 0.5) is 0 Å². The topological polar surface area (TPSA) is 62.7 Å². The van der Waals surface area contributed by atoms with Crippen molar-refractivity contribution in [2.75, 3.05) is 33.3 Å². The molecule has 0 N–H and O–H groups in total. The Bertz CT molecular complexity index is 1110. The molecule has 2 heterocycles. The van der Waals surface area contributed by atoms with Gasteiger partial charge in [-0.3, -0.25) is 14.6 Å². The molecule has 32 heavy (non-hydrogen) atoms. The lowest BCUT2D eigenvalue weighted by atomic mass is 10.1. The van der Waals surface area contributed by atoms with E-state index in [1.165, 1.54) is 0 Å². The molecule has 4 rings (SSSR count). The average molecular weight is 432 g/mol. The molecule has 0 radical (unpaired) electrons. The number of rotatable bonds is 5. The maximum Gasteiger partial charge on any atom is 0.254 e. The summed E-state index contributed by atoms with van der Waals surface area (Å²) in [6, 6.07) is 17.4. The number of pyridine rings is 1. The van der Waals surface area contributed by atoms with Crippen molar-refractivity contribution in [1.29, 1.82) is 0 Å². The molecule has 0 bridgehead atoms. The monoisotopic (exact) mass is 431 g/mol. The number of nitrogens with zero attached hydrogens (tertiary/aromatic N) is 3. The predicted molar refractivity (Wildman–Crippen MR) is 125 cm³/mol. The summed E-state index contributed by atoms with van der Waals surface area (Å²) in [6.07, 6.45) is 1.95. The van der Waals surface area contributed by atoms with Crippen LogP contribution in [-0.2, 0) is 11.2 Å². The zero-order chi connectivity index (χ0) is 22.5. The van der Waals surface area contributed by atoms with Gasteiger partial charge in [0.15, 0.2) is 0 Å². The van der Waals surface area contributed by atoms with Crippen molar-refractivity contribution in [3.8, 4) is 5.75 Å². The van der Waals surface area contributed by atoms with Crippen molar-refractivity contribution in [3.63, 3.8) is 0 Å². The van der Waals surface area contributed by atoms with Crippen LogP contribution in [0.15, 0.2) is 54.6 Å². The second kappa shape index (κ2) is 9.81. The zero-order valence-electron chi connectivity index (χ0n) is 18.7. The average Bonchev–Trinajstić information content (AvgIpc) is 3.08. The van der Waals surface area contributed by atoms with Crippen molar-refractivity contribution in [3.05, 3.63) is 71.4 Å². The van der Waals surface area contributed by atoms with E-state index in [1.54, 1.807) is 7.11 Å². The molecule has 0 unspecified atom stereocenters. The summed E-state index contributed by atoms with van der Waals surface area (Å²) in [5.74, 6) is 0.967. The summed E-state index contributed by atoms with van der Waals surface area (Å²) in [7, 11) is 1.64. The number of carbonyl (C=O) groups is 2. The van der Waals surface area contributed by atoms with E-state index in [1.807, 2.05) is 71.3 Å². The number of amides is 2. The molecule has 2 aromatic carbocycles. The lowest BCUT2D eigenvalue weighted by Gasteiger charge is -2.23. The van der Waals surface area contributed by atoms with Gasteiger partial charge in [0.05, 0.1) is 18.2 Å². The fraction of sp³-hybridized carbons (Fsp3) is 0.346. The lowest BCUT2D eigenvalue weighted by molar-refractivity contribution is -0.131. The summed E-state index contributed by atoms with van der Waals surface area (Å²) in [5, 5.41) is 0.875. The highest BCUT2D eigenvalue weighted by atomic mass is 16.5. The highest BCUT2D eigenvalue weighted by Gasteiger charge is 2.24. The maximum absolute atomic E-state index is 13.3. The van der Waals surface area contributed by atoms with Gasteiger partial charge >= 0.3 is 0 Å². The maximum atomic E-state index is 13.3. The zero-order valence-corrected chi connectivity index (χ0v) is 18.7. The number of hydrogen-bond acceptors (Lipinski definition) is 4. The summed E-state index contributed by atoms with van der Waals surface area (Å²) in [6.45, 7) is 4.35. The Hall–Kier alpha value is -3.41. The van der Waals surface area contributed by atoms with E-state index in [0.29, 0.717) is 44.6 Å². The molecule has 1 fully saturated rings. The Kier molecular flexibility index (Phi) is 6.69. The third kappa shape index (κ3) is 4.90. The van der Waals surface area contributed by atoms with Crippen LogP contribution in [0.2, 0.25) is 0 Å². The first kappa shape index (κ1) is 21.8. The molecule has 0 saturated carbocycles. The Labute approximate surface area is 188 Å². The minimum atomic E-state index is 0.0132. The number of carbonyl (C=O) groups excluding carboxylic acids is 2. The molecule has 3 aromatic rings. The SMILES string of the molecule is COc1ccc(CCC(=O)N2CCCN(C(=O)c3cc(C)nc4ccccc34)CC2)cc1. The standard InChI is InChI=1S/C26H29N3O3/c1-19-18-23(22-6-3-4-7-24(22)27-19)26(31)29-15-5-14-28(16-17-29)25(30)13-10-20-8-11-21(32-2)12-9-20/h3-4,6-9,11-12,18H,5,10,13-17H2,1-2H3. The highest BCUT2D eigenvalue weighted by Crippen LogP contribution is 2.21. The summed E-state index contributed by atoms with van der Waals surface area (Å²) in [5.41, 5.74) is 3.47. The number of hydrogen-bond donors (Lipinski definition) is 0. The van der Waals surface area contributed by atoms with Crippen molar-refractivity contribution < 1.29 is 14.3 Å². The Morgan fingerprint density at radius 3 is 2.47 bits per heavy atom. The number of aryl methyl sites for hydroxylation is 2. The molecule has 166 valence electrons. The van der Waals surface area contributed by atoms with E-state index >= 15 is 0 Å². The van der Waals surface area contributed by atoms with Gasteiger partial charge in [0.25, 0.3) is 5.91 Å². The molecule has 0 spiro atoms. The third-order valence-electron chi connectivity index (χ3n) is 6.00. The van der Waals surface area contributed by atoms with E-state index in [2.05, 4.69) is 4.98 Å². The van der Waals surface area contributed by atoms with E-state index in [4.69, 9.17) is 4.74 Å². The normalized spacial score (nSPS) is 14.3. The van der Waals surface area contributed by atoms with Crippen molar-refractivity contribution in [2.45, 2.75) is 26.2 Å². The van der Waals surface area contributed by atoms with Gasteiger partial charge in [0.1, 0.15) is 5.75 Å². The van der Waals surface area contributed by atoms with Crippen LogP contribution in [0, 0.1) is 6.92 Å². The molecule has 0 aliphatic carbocycles. The van der Waals surface area contributed by atoms with Crippen molar-refractivity contribution in [1.82, 2.24) is 14.8 Å². The molecule has 6 heteroatoms. The molecule has 2 amide bonds. The van der Waals surface area contributed by atoms with Gasteiger partial charge < -0.3 is 14.5 Å². The van der Waals surface area contributed by atoms with Crippen molar-refractivity contribution >= 4 is 22.7 Å². The molecule has 1 saturated heterocycles. The number of ether oxygens (including phenoxy) is 1. The lowest BCUT2D eigenvalue weighted by Crippen LogP contribution is -2.37. The van der Waals surface area contributed by atoms with E-state index < -0.39 is 0 Å². The van der Waals surface area contributed by atoms with Gasteiger partial charge in [0.2, 0.25) is 5.91 Å². The molecule has 1 aromatic heterocycles. The first-order valence-electron chi connectivity index (χ1n) is 11.1. The van der Waals surface area contributed by atoms with Crippen LogP contribution in [0.25, 0.3) is 10.9 Å². The minimum Gasteiger partial charge on any atom is -0.497 e. The number of benzene rings is 2. The molecule has 0 atom stereocenters. The number of methoxy groups -OCH3 is 1. The quantitative estimate of drug-likeness (QED) is 0.615. The van der Waals surface area contributed by atoms with Gasteiger partial charge in [-0.25, -0.2) is 0 Å². The Morgan fingerprint density at radius 1 is 0.969 bits per heavy atom. The molecule has 6 nitrogen and oxygen atoms in total. The van der Waals surface area contributed by atoms with Crippen LogP contribution in [-0.4, -0.2) is 59.9 Å². The summed E-state index contributed by atoms with van der Waals surface area (Å²) in [4.78, 5) is 34.5. The number of fused-ring (bicyclic) bond motifs is 1. The number of aromatic nitrogens is 1. The van der Waals surface area contributed by atoms with Gasteiger partial charge in [-0.05, 0) is 49.6 Å². The fourth-order valence-corrected chi connectivity index (χ4v) is 4.23. The summed E-state index contributed by atoms with van der Waals surface area (Å²) >= 11 is 0. The predicted octanol–water partition coefficient (Wildman–Crippen LogP) is 3.86. The Balaban J connectivity index is 1.38. The van der Waals surface area contributed by atoms with Crippen LogP contribution in [0.5, 0.6) is 5.75 Å². The van der Waals surface area contributed by atoms with Crippen molar-refractivity contribution in [2.24, 2.45) is 0 Å². The van der Waals surface area contributed by atoms with Gasteiger partial charge in [-0.15, -0.1) is 0 Å². The first-order chi connectivity index (χ1) is 15.5. The Morgan fingerprint density at radius 2 is 1.69 bits per heavy atom. The summed E-state index contributed by atoms with van der Waals surface area (Å²) < 4.78 is 5.18. The van der Waals surface area contributed by atoms with Crippen LogP contribution < -0.4 is 4.74 Å². The fourth-order valence-electron chi connectivity index (χ4n) is 4.23. The largest absolute Gasteiger partial charge is 0.497 e. The highest BCUT2D eigenvalue weighted by molar-refractivity contribution is 6.06. The first-order valence-corrected chi connectivity index (χ1v) is 11.1. The smallest absolute Gasteiger partial charge is 0.254 e. The third-order valence-corrected chi connectivity index (χ3v) is 6.00. The second-order valence-corrected chi connectivity index (χ2v) is 8.20. The van der Waals surface area contributed by atoms with E-state index in [9.17, 15) is 9.59 Å². The molecular formula is C26H29N3O3.